The summed E-state index contributed by atoms with van der Waals surface area (Å²) < 4.78 is 5.44. The summed E-state index contributed by atoms with van der Waals surface area (Å²) in [5.41, 5.74) is 3.13. The number of anilines is 1. The quantitative estimate of drug-likeness (QED) is 0.736. The summed E-state index contributed by atoms with van der Waals surface area (Å²) in [6.07, 6.45) is 0.897. The van der Waals surface area contributed by atoms with Gasteiger partial charge in [0.05, 0.1) is 25.3 Å². The number of nitrogens with one attached hydrogen (secondary N) is 1. The van der Waals surface area contributed by atoms with Gasteiger partial charge in [0.2, 0.25) is 11.8 Å². The molecule has 1 atom stereocenters. The molecule has 0 aliphatic carbocycles. The highest BCUT2D eigenvalue weighted by atomic mass is 16.5. The molecule has 2 heterocycles. The first-order valence-corrected chi connectivity index (χ1v) is 11.7. The van der Waals surface area contributed by atoms with Crippen molar-refractivity contribution < 1.29 is 19.1 Å². The summed E-state index contributed by atoms with van der Waals surface area (Å²) in [5.74, 6) is 0.131. The fraction of sp³-hybridized carbons (Fsp3) is 0.423. The first-order valence-electron chi connectivity index (χ1n) is 11.7. The van der Waals surface area contributed by atoms with Crippen LogP contribution in [0.1, 0.15) is 40.9 Å². The second-order valence-electron chi connectivity index (χ2n) is 8.94. The van der Waals surface area contributed by atoms with Gasteiger partial charge < -0.3 is 24.8 Å². The standard InChI is InChI=1S/C26H32N4O4/c1-18(31)30-11-10-19-6-4-5-7-21(19)23(30)17-25(32)27-22-16-20(8-9-24(22)34-3)26(33)29-14-12-28(2)13-15-29/h4-9,16,23H,10-15,17H2,1-3H3,(H,27,32). The molecule has 8 nitrogen and oxygen atoms in total. The highest BCUT2D eigenvalue weighted by Gasteiger charge is 2.31. The number of carbonyl (C=O) groups is 3. The number of carbonyl (C=O) groups excluding carboxylic acids is 3. The lowest BCUT2D eigenvalue weighted by atomic mass is 9.90. The van der Waals surface area contributed by atoms with E-state index < -0.39 is 0 Å². The van der Waals surface area contributed by atoms with Gasteiger partial charge >= 0.3 is 0 Å². The fourth-order valence-corrected chi connectivity index (χ4v) is 4.76. The monoisotopic (exact) mass is 464 g/mol. The maximum Gasteiger partial charge on any atom is 0.254 e. The summed E-state index contributed by atoms with van der Waals surface area (Å²) in [6, 6.07) is 12.7. The van der Waals surface area contributed by atoms with Crippen molar-refractivity contribution in [2.75, 3.05) is 52.2 Å². The first kappa shape index (κ1) is 23.8. The number of amides is 3. The van der Waals surface area contributed by atoms with Gasteiger partial charge in [0.25, 0.3) is 5.91 Å². The minimum atomic E-state index is -0.330. The lowest BCUT2D eigenvalue weighted by Crippen LogP contribution is -2.47. The van der Waals surface area contributed by atoms with Crippen molar-refractivity contribution in [3.63, 3.8) is 0 Å². The molecule has 8 heteroatoms. The molecule has 2 aliphatic heterocycles. The van der Waals surface area contributed by atoms with Crippen LogP contribution in [0.15, 0.2) is 42.5 Å². The Labute approximate surface area is 200 Å². The van der Waals surface area contributed by atoms with E-state index in [0.717, 1.165) is 30.6 Å². The molecule has 0 aromatic heterocycles. The molecule has 0 radical (unpaired) electrons. The molecule has 0 spiro atoms. The molecule has 2 aliphatic rings. The summed E-state index contributed by atoms with van der Waals surface area (Å²) in [6.45, 7) is 5.13. The molecular formula is C26H32N4O4. The number of nitrogens with zero attached hydrogens (tertiary/aromatic N) is 3. The van der Waals surface area contributed by atoms with Crippen molar-refractivity contribution in [2.45, 2.75) is 25.8 Å². The van der Waals surface area contributed by atoms with Crippen LogP contribution >= 0.6 is 0 Å². The van der Waals surface area contributed by atoms with Gasteiger partial charge in [-0.15, -0.1) is 0 Å². The molecule has 180 valence electrons. The van der Waals surface area contributed by atoms with E-state index in [1.807, 2.05) is 36.2 Å². The maximum absolute atomic E-state index is 13.1. The SMILES string of the molecule is COc1ccc(C(=O)N2CCN(C)CC2)cc1NC(=O)CC1c2ccccc2CCN1C(C)=O. The van der Waals surface area contributed by atoms with Crippen LogP contribution in [0.4, 0.5) is 5.69 Å². The van der Waals surface area contributed by atoms with E-state index in [1.54, 1.807) is 23.1 Å². The van der Waals surface area contributed by atoms with Crippen molar-refractivity contribution in [3.05, 3.63) is 59.2 Å². The van der Waals surface area contributed by atoms with Crippen LogP contribution in [0.3, 0.4) is 0 Å². The van der Waals surface area contributed by atoms with Crippen LogP contribution in [0.25, 0.3) is 0 Å². The minimum Gasteiger partial charge on any atom is -0.495 e. The first-order chi connectivity index (χ1) is 16.4. The van der Waals surface area contributed by atoms with Crippen LogP contribution in [-0.2, 0) is 16.0 Å². The average Bonchev–Trinajstić information content (AvgIpc) is 2.84. The van der Waals surface area contributed by atoms with E-state index in [-0.39, 0.29) is 30.2 Å². The maximum atomic E-state index is 13.1. The van der Waals surface area contributed by atoms with Crippen molar-refractivity contribution in [2.24, 2.45) is 0 Å². The smallest absolute Gasteiger partial charge is 0.254 e. The number of fused-ring (bicyclic) bond motifs is 1. The Balaban J connectivity index is 1.52. The third-order valence-corrected chi connectivity index (χ3v) is 6.71. The Kier molecular flexibility index (Phi) is 7.17. The highest BCUT2D eigenvalue weighted by Crippen LogP contribution is 2.33. The molecule has 1 saturated heterocycles. The summed E-state index contributed by atoms with van der Waals surface area (Å²) in [4.78, 5) is 44.2. The van der Waals surface area contributed by atoms with E-state index in [4.69, 9.17) is 4.74 Å². The summed E-state index contributed by atoms with van der Waals surface area (Å²) >= 11 is 0. The number of piperazine rings is 1. The molecule has 0 saturated carbocycles. The van der Waals surface area contributed by atoms with Crippen molar-refractivity contribution in [3.8, 4) is 5.75 Å². The molecule has 34 heavy (non-hydrogen) atoms. The van der Waals surface area contributed by atoms with Gasteiger partial charge in [-0.1, -0.05) is 24.3 Å². The Morgan fingerprint density at radius 3 is 2.47 bits per heavy atom. The average molecular weight is 465 g/mol. The van der Waals surface area contributed by atoms with E-state index in [1.165, 1.54) is 14.0 Å². The molecule has 1 N–H and O–H groups in total. The Morgan fingerprint density at radius 2 is 1.76 bits per heavy atom. The third-order valence-electron chi connectivity index (χ3n) is 6.71. The third kappa shape index (κ3) is 5.07. The minimum absolute atomic E-state index is 0.0512. The molecule has 2 aromatic rings. The van der Waals surface area contributed by atoms with Gasteiger partial charge in [0.1, 0.15) is 5.75 Å². The number of ether oxygens (including phenoxy) is 1. The van der Waals surface area contributed by atoms with Crippen LogP contribution in [0.5, 0.6) is 5.75 Å². The van der Waals surface area contributed by atoms with Crippen LogP contribution in [-0.4, -0.2) is 79.3 Å². The molecule has 1 fully saturated rings. The Bertz CT molecular complexity index is 1080. The van der Waals surface area contributed by atoms with E-state index in [2.05, 4.69) is 10.2 Å². The summed E-state index contributed by atoms with van der Waals surface area (Å²) in [7, 11) is 3.57. The van der Waals surface area contributed by atoms with Gasteiger partial charge in [-0.25, -0.2) is 0 Å². The topological polar surface area (TPSA) is 82.2 Å². The molecule has 1 unspecified atom stereocenters. The fourth-order valence-electron chi connectivity index (χ4n) is 4.76. The van der Waals surface area contributed by atoms with Gasteiger partial charge in [0, 0.05) is 45.2 Å². The Hall–Kier alpha value is -3.39. The number of likely N-dealkylation sites (N-methyl/N-ethyl adjacent to an activating group) is 1. The van der Waals surface area contributed by atoms with E-state index in [9.17, 15) is 14.4 Å². The molecule has 2 aromatic carbocycles. The Morgan fingerprint density at radius 1 is 1.03 bits per heavy atom. The van der Waals surface area contributed by atoms with Crippen molar-refractivity contribution in [1.29, 1.82) is 0 Å². The predicted octanol–water partition coefficient (Wildman–Crippen LogP) is 2.56. The lowest BCUT2D eigenvalue weighted by molar-refractivity contribution is -0.132. The second kappa shape index (κ2) is 10.3. The number of methoxy groups -OCH3 is 1. The molecule has 0 bridgehead atoms. The van der Waals surface area contributed by atoms with Gasteiger partial charge in [0.15, 0.2) is 0 Å². The second-order valence-corrected chi connectivity index (χ2v) is 8.94. The van der Waals surface area contributed by atoms with Gasteiger partial charge in [-0.3, -0.25) is 14.4 Å². The van der Waals surface area contributed by atoms with Gasteiger partial charge in [-0.2, -0.15) is 0 Å². The highest BCUT2D eigenvalue weighted by molar-refractivity contribution is 5.98. The van der Waals surface area contributed by atoms with Crippen molar-refractivity contribution in [1.82, 2.24) is 14.7 Å². The normalized spacial score (nSPS) is 18.3. The van der Waals surface area contributed by atoms with Crippen LogP contribution < -0.4 is 10.1 Å². The largest absolute Gasteiger partial charge is 0.495 e. The predicted molar refractivity (Wildman–Crippen MR) is 130 cm³/mol. The number of rotatable bonds is 5. The zero-order chi connectivity index (χ0) is 24.2. The zero-order valence-corrected chi connectivity index (χ0v) is 20.0. The molecule has 4 rings (SSSR count). The van der Waals surface area contributed by atoms with E-state index in [0.29, 0.717) is 36.6 Å². The van der Waals surface area contributed by atoms with E-state index >= 15 is 0 Å². The zero-order valence-electron chi connectivity index (χ0n) is 20.0. The van der Waals surface area contributed by atoms with Crippen molar-refractivity contribution >= 4 is 23.4 Å². The van der Waals surface area contributed by atoms with Crippen LogP contribution in [0.2, 0.25) is 0 Å². The van der Waals surface area contributed by atoms with Crippen LogP contribution in [0, 0.1) is 0 Å². The molecule has 3 amide bonds. The number of benzene rings is 2. The lowest BCUT2D eigenvalue weighted by Gasteiger charge is -2.36. The van der Waals surface area contributed by atoms with Gasteiger partial charge in [-0.05, 0) is 42.8 Å². The molecular weight excluding hydrogens is 432 g/mol. The summed E-state index contributed by atoms with van der Waals surface area (Å²) in [5, 5.41) is 2.92. The number of hydrogen-bond donors (Lipinski definition) is 1. The number of hydrogen-bond acceptors (Lipinski definition) is 5.